The summed E-state index contributed by atoms with van der Waals surface area (Å²) in [5.74, 6) is -0.315. The van der Waals surface area contributed by atoms with Crippen molar-refractivity contribution < 1.29 is 18.8 Å². The van der Waals surface area contributed by atoms with E-state index in [1.165, 1.54) is 37.4 Å². The highest BCUT2D eigenvalue weighted by Crippen LogP contribution is 2.37. The van der Waals surface area contributed by atoms with E-state index in [0.29, 0.717) is 16.9 Å². The number of hydrogen-bond donors (Lipinski definition) is 1. The molecule has 2 heterocycles. The second-order valence-electron chi connectivity index (χ2n) is 6.68. The number of non-ortho nitro benzene ring substituents is 1. The molecule has 0 fully saturated rings. The number of pyridine rings is 1. The normalized spacial score (nSPS) is 15.1. The van der Waals surface area contributed by atoms with Gasteiger partial charge in [0.15, 0.2) is 0 Å². The molecule has 0 radical (unpaired) electrons. The highest BCUT2D eigenvalue weighted by molar-refractivity contribution is 5.99. The van der Waals surface area contributed by atoms with Crippen molar-refractivity contribution >= 4 is 17.3 Å². The molecular weight excluding hydrogens is 391 g/mol. The maximum Gasteiger partial charge on any atom is 0.273 e. The largest absolute Gasteiger partial charge is 0.494 e. The zero-order valence-corrected chi connectivity index (χ0v) is 15.9. The fourth-order valence-electron chi connectivity index (χ4n) is 3.39. The monoisotopic (exact) mass is 408 g/mol. The molecule has 4 rings (SSSR count). The first kappa shape index (κ1) is 19.3. The minimum Gasteiger partial charge on any atom is -0.494 e. The Labute approximate surface area is 171 Å². The van der Waals surface area contributed by atoms with Gasteiger partial charge in [-0.25, -0.2) is 4.39 Å². The van der Waals surface area contributed by atoms with Crippen LogP contribution in [0, 0.1) is 15.9 Å². The van der Waals surface area contributed by atoms with Gasteiger partial charge in [0, 0.05) is 18.8 Å². The van der Waals surface area contributed by atoms with Gasteiger partial charge in [-0.15, -0.1) is 0 Å². The van der Waals surface area contributed by atoms with Gasteiger partial charge in [0.2, 0.25) is 0 Å². The van der Waals surface area contributed by atoms with Crippen molar-refractivity contribution in [1.82, 2.24) is 9.88 Å². The average molecular weight is 408 g/mol. The standard InChI is InChI=1S/C21H17FN4O4/c1-30-18-11-15(26(28)29)8-9-17(18)24-20-19-16(3-2-10-23-19)21(27)25(20)12-13-4-6-14(22)7-5-13/h2-11,20,24H,12H2,1H3/t20-/m1/s1. The number of aromatic nitrogens is 1. The van der Waals surface area contributed by atoms with Crippen molar-refractivity contribution in [3.63, 3.8) is 0 Å². The van der Waals surface area contributed by atoms with Crippen LogP contribution < -0.4 is 10.1 Å². The van der Waals surface area contributed by atoms with Crippen molar-refractivity contribution in [2.24, 2.45) is 0 Å². The smallest absolute Gasteiger partial charge is 0.273 e. The molecule has 0 aliphatic carbocycles. The number of fused-ring (bicyclic) bond motifs is 1. The summed E-state index contributed by atoms with van der Waals surface area (Å²) in [4.78, 5) is 29.5. The fraction of sp³-hybridized carbons (Fsp3) is 0.143. The third kappa shape index (κ3) is 3.52. The second-order valence-corrected chi connectivity index (χ2v) is 6.68. The Hall–Kier alpha value is -4.01. The van der Waals surface area contributed by atoms with E-state index >= 15 is 0 Å². The summed E-state index contributed by atoms with van der Waals surface area (Å²) in [6, 6.07) is 13.5. The molecule has 152 valence electrons. The van der Waals surface area contributed by atoms with Crippen LogP contribution in [0.2, 0.25) is 0 Å². The van der Waals surface area contributed by atoms with Crippen LogP contribution in [-0.4, -0.2) is 27.8 Å². The molecule has 1 aliphatic heterocycles. The van der Waals surface area contributed by atoms with Gasteiger partial charge in [-0.3, -0.25) is 19.9 Å². The molecule has 0 saturated heterocycles. The molecule has 1 atom stereocenters. The van der Waals surface area contributed by atoms with E-state index in [0.717, 1.165) is 5.56 Å². The molecule has 1 aliphatic rings. The van der Waals surface area contributed by atoms with Crippen LogP contribution in [0.15, 0.2) is 60.8 Å². The zero-order chi connectivity index (χ0) is 21.3. The highest BCUT2D eigenvalue weighted by Gasteiger charge is 2.38. The summed E-state index contributed by atoms with van der Waals surface area (Å²) in [5, 5.41) is 14.3. The van der Waals surface area contributed by atoms with Gasteiger partial charge in [0.05, 0.1) is 35.0 Å². The Morgan fingerprint density at radius 2 is 2.00 bits per heavy atom. The van der Waals surface area contributed by atoms with E-state index in [1.807, 2.05) is 0 Å². The van der Waals surface area contributed by atoms with Gasteiger partial charge in [0.1, 0.15) is 17.7 Å². The van der Waals surface area contributed by atoms with Gasteiger partial charge in [0.25, 0.3) is 11.6 Å². The molecular formula is C21H17FN4O4. The zero-order valence-electron chi connectivity index (χ0n) is 15.9. The third-order valence-electron chi connectivity index (χ3n) is 4.85. The number of hydrogen-bond acceptors (Lipinski definition) is 6. The molecule has 0 bridgehead atoms. The molecule has 0 spiro atoms. The summed E-state index contributed by atoms with van der Waals surface area (Å²) in [7, 11) is 1.41. The van der Waals surface area contributed by atoms with Crippen molar-refractivity contribution in [3.8, 4) is 5.75 Å². The minimum absolute atomic E-state index is 0.110. The molecule has 30 heavy (non-hydrogen) atoms. The average Bonchev–Trinajstić information content (AvgIpc) is 3.01. The number of nitrogens with one attached hydrogen (secondary N) is 1. The number of anilines is 1. The molecule has 9 heteroatoms. The Balaban J connectivity index is 1.70. The molecule has 1 N–H and O–H groups in total. The number of halogens is 1. The van der Waals surface area contributed by atoms with E-state index in [-0.39, 0.29) is 29.7 Å². The Bertz CT molecular complexity index is 1120. The first-order valence-corrected chi connectivity index (χ1v) is 9.07. The van der Waals surface area contributed by atoms with Gasteiger partial charge < -0.3 is 15.0 Å². The number of benzene rings is 2. The molecule has 0 saturated carbocycles. The molecule has 8 nitrogen and oxygen atoms in total. The number of methoxy groups -OCH3 is 1. The Morgan fingerprint density at radius 3 is 2.70 bits per heavy atom. The number of ether oxygens (including phenoxy) is 1. The number of nitrogens with zero attached hydrogens (tertiary/aromatic N) is 3. The van der Waals surface area contributed by atoms with Gasteiger partial charge in [-0.05, 0) is 35.9 Å². The SMILES string of the molecule is COc1cc([N+](=O)[O-])ccc1N[C@H]1c2ncccc2C(=O)N1Cc1ccc(F)cc1. The molecule has 2 aromatic carbocycles. The summed E-state index contributed by atoms with van der Waals surface area (Å²) in [6.07, 6.45) is 0.962. The number of carbonyl (C=O) groups is 1. The highest BCUT2D eigenvalue weighted by atomic mass is 19.1. The Morgan fingerprint density at radius 1 is 1.23 bits per heavy atom. The first-order valence-electron chi connectivity index (χ1n) is 9.07. The lowest BCUT2D eigenvalue weighted by atomic mass is 10.2. The molecule has 1 amide bonds. The molecule has 0 unspecified atom stereocenters. The van der Waals surface area contributed by atoms with Crippen molar-refractivity contribution in [2.45, 2.75) is 12.7 Å². The van der Waals surface area contributed by atoms with Gasteiger partial charge in [-0.2, -0.15) is 0 Å². The number of rotatable bonds is 6. The topological polar surface area (TPSA) is 97.6 Å². The third-order valence-corrected chi connectivity index (χ3v) is 4.85. The van der Waals surface area contributed by atoms with Crippen LogP contribution >= 0.6 is 0 Å². The van der Waals surface area contributed by atoms with E-state index in [1.54, 1.807) is 35.4 Å². The maximum absolute atomic E-state index is 13.3. The van der Waals surface area contributed by atoms with E-state index in [9.17, 15) is 19.3 Å². The first-order chi connectivity index (χ1) is 14.5. The number of nitro benzene ring substituents is 1. The van der Waals surface area contributed by atoms with Crippen LogP contribution in [0.4, 0.5) is 15.8 Å². The van der Waals surface area contributed by atoms with Gasteiger partial charge in [-0.1, -0.05) is 12.1 Å². The van der Waals surface area contributed by atoms with E-state index < -0.39 is 11.1 Å². The maximum atomic E-state index is 13.3. The van der Waals surface area contributed by atoms with Crippen LogP contribution in [0.1, 0.15) is 27.8 Å². The van der Waals surface area contributed by atoms with Gasteiger partial charge >= 0.3 is 0 Å². The quantitative estimate of drug-likeness (QED) is 0.491. The van der Waals surface area contributed by atoms with E-state index in [4.69, 9.17) is 4.74 Å². The fourth-order valence-corrected chi connectivity index (χ4v) is 3.39. The van der Waals surface area contributed by atoms with Crippen LogP contribution in [0.5, 0.6) is 5.75 Å². The van der Waals surface area contributed by atoms with Crippen molar-refractivity contribution in [1.29, 1.82) is 0 Å². The number of amides is 1. The predicted molar refractivity (Wildman–Crippen MR) is 107 cm³/mol. The lowest BCUT2D eigenvalue weighted by Gasteiger charge is -2.27. The van der Waals surface area contributed by atoms with Crippen LogP contribution in [-0.2, 0) is 6.54 Å². The van der Waals surface area contributed by atoms with Crippen LogP contribution in [0.3, 0.4) is 0 Å². The predicted octanol–water partition coefficient (Wildman–Crippen LogP) is 3.90. The molecule has 1 aromatic heterocycles. The van der Waals surface area contributed by atoms with E-state index in [2.05, 4.69) is 10.3 Å². The minimum atomic E-state index is -0.630. The second kappa shape index (κ2) is 7.78. The lowest BCUT2D eigenvalue weighted by Crippen LogP contribution is -2.32. The van der Waals surface area contributed by atoms with Crippen molar-refractivity contribution in [3.05, 3.63) is 93.5 Å². The lowest BCUT2D eigenvalue weighted by molar-refractivity contribution is -0.384. The number of carbonyl (C=O) groups excluding carboxylic acids is 1. The summed E-state index contributed by atoms with van der Waals surface area (Å²) >= 11 is 0. The summed E-state index contributed by atoms with van der Waals surface area (Å²) < 4.78 is 18.6. The number of nitro groups is 1. The summed E-state index contributed by atoms with van der Waals surface area (Å²) in [5.41, 5.74) is 2.10. The van der Waals surface area contributed by atoms with Crippen molar-refractivity contribution in [2.75, 3.05) is 12.4 Å². The Kier molecular flexibility index (Phi) is 5.01. The molecule has 3 aromatic rings. The summed E-state index contributed by atoms with van der Waals surface area (Å²) in [6.45, 7) is 0.225. The van der Waals surface area contributed by atoms with Crippen LogP contribution in [0.25, 0.3) is 0 Å².